The maximum Gasteiger partial charge on any atom is -0.0146 e. The fourth-order valence-electron chi connectivity index (χ4n) is 6.57. The fourth-order valence-corrected chi connectivity index (χ4v) is 6.57. The molecule has 0 saturated carbocycles. The molecule has 0 nitrogen and oxygen atoms in total. The van der Waals surface area contributed by atoms with Crippen molar-refractivity contribution in [3.05, 3.63) is 95.1 Å². The zero-order valence-corrected chi connectivity index (χ0v) is 17.9. The second kappa shape index (κ2) is 7.27. The SMILES string of the molecule is CC1c2c(ccc3ccccc23)CCC1CC1CCCc2ccc3ccccc3c21. The summed E-state index contributed by atoms with van der Waals surface area (Å²) in [6.45, 7) is 2.50. The lowest BCUT2D eigenvalue weighted by Crippen LogP contribution is -2.23. The third kappa shape index (κ3) is 2.88. The van der Waals surface area contributed by atoms with Gasteiger partial charge < -0.3 is 0 Å². The van der Waals surface area contributed by atoms with Gasteiger partial charge in [0.15, 0.2) is 0 Å². The number of fused-ring (bicyclic) bond motifs is 6. The summed E-state index contributed by atoms with van der Waals surface area (Å²) < 4.78 is 0. The second-order valence-corrected chi connectivity index (χ2v) is 9.63. The molecule has 0 radical (unpaired) electrons. The van der Waals surface area contributed by atoms with Gasteiger partial charge in [0, 0.05) is 0 Å². The third-order valence-electron chi connectivity index (χ3n) is 8.06. The first-order valence-corrected chi connectivity index (χ1v) is 11.8. The van der Waals surface area contributed by atoms with Gasteiger partial charge in [0.2, 0.25) is 0 Å². The summed E-state index contributed by atoms with van der Waals surface area (Å²) >= 11 is 0. The fraction of sp³-hybridized carbons (Fsp3) is 0.333. The Morgan fingerprint density at radius 1 is 0.667 bits per heavy atom. The highest BCUT2D eigenvalue weighted by molar-refractivity contribution is 5.88. The molecule has 0 heterocycles. The van der Waals surface area contributed by atoms with Gasteiger partial charge in [-0.2, -0.15) is 0 Å². The highest BCUT2D eigenvalue weighted by Gasteiger charge is 2.32. The van der Waals surface area contributed by atoms with Crippen LogP contribution in [0.3, 0.4) is 0 Å². The minimum absolute atomic E-state index is 0.639. The molecule has 0 N–H and O–H groups in total. The van der Waals surface area contributed by atoms with Crippen LogP contribution in [-0.4, -0.2) is 0 Å². The molecule has 0 bridgehead atoms. The van der Waals surface area contributed by atoms with Crippen molar-refractivity contribution in [2.24, 2.45) is 5.92 Å². The van der Waals surface area contributed by atoms with Crippen LogP contribution in [0.2, 0.25) is 0 Å². The first-order chi connectivity index (χ1) is 14.8. The molecule has 0 aliphatic heterocycles. The molecule has 150 valence electrons. The summed E-state index contributed by atoms with van der Waals surface area (Å²) in [5.41, 5.74) is 6.51. The maximum absolute atomic E-state index is 2.50. The van der Waals surface area contributed by atoms with Gasteiger partial charge in [-0.25, -0.2) is 0 Å². The maximum atomic E-state index is 2.50. The normalized spacial score (nSPS) is 23.3. The van der Waals surface area contributed by atoms with Gasteiger partial charge in [0.05, 0.1) is 0 Å². The van der Waals surface area contributed by atoms with E-state index < -0.39 is 0 Å². The molecule has 4 aromatic carbocycles. The van der Waals surface area contributed by atoms with Crippen molar-refractivity contribution in [1.82, 2.24) is 0 Å². The number of aryl methyl sites for hydroxylation is 2. The number of benzene rings is 4. The molecule has 30 heavy (non-hydrogen) atoms. The Bertz CT molecular complexity index is 1230. The van der Waals surface area contributed by atoms with Crippen molar-refractivity contribution in [3.63, 3.8) is 0 Å². The molecule has 0 amide bonds. The van der Waals surface area contributed by atoms with E-state index in [9.17, 15) is 0 Å². The van der Waals surface area contributed by atoms with Crippen molar-refractivity contribution in [2.75, 3.05) is 0 Å². The van der Waals surface area contributed by atoms with Gasteiger partial charge in [0.25, 0.3) is 0 Å². The van der Waals surface area contributed by atoms with Gasteiger partial charge in [-0.3, -0.25) is 0 Å². The Kier molecular flexibility index (Phi) is 4.41. The Balaban J connectivity index is 1.38. The molecular weight excluding hydrogens is 360 g/mol. The molecular formula is C30H30. The first kappa shape index (κ1) is 18.2. The smallest absolute Gasteiger partial charge is 0.0146 e. The Labute approximate surface area is 179 Å². The lowest BCUT2D eigenvalue weighted by molar-refractivity contribution is 0.326. The van der Waals surface area contributed by atoms with Gasteiger partial charge >= 0.3 is 0 Å². The van der Waals surface area contributed by atoms with Crippen molar-refractivity contribution in [1.29, 1.82) is 0 Å². The van der Waals surface area contributed by atoms with Gasteiger partial charge in [-0.1, -0.05) is 79.7 Å². The number of hydrogen-bond acceptors (Lipinski definition) is 0. The molecule has 0 saturated heterocycles. The lowest BCUT2D eigenvalue weighted by atomic mass is 9.68. The van der Waals surface area contributed by atoms with Crippen LogP contribution in [0.4, 0.5) is 0 Å². The monoisotopic (exact) mass is 390 g/mol. The molecule has 0 heteroatoms. The summed E-state index contributed by atoms with van der Waals surface area (Å²) in [6.07, 6.45) is 7.87. The van der Waals surface area contributed by atoms with Crippen molar-refractivity contribution in [3.8, 4) is 0 Å². The van der Waals surface area contributed by atoms with Gasteiger partial charge in [-0.05, 0) is 100 Å². The molecule has 2 aliphatic carbocycles. The van der Waals surface area contributed by atoms with Crippen LogP contribution >= 0.6 is 0 Å². The van der Waals surface area contributed by atoms with E-state index in [4.69, 9.17) is 0 Å². The van der Waals surface area contributed by atoms with Crippen molar-refractivity contribution < 1.29 is 0 Å². The first-order valence-electron chi connectivity index (χ1n) is 11.8. The summed E-state index contributed by atoms with van der Waals surface area (Å²) in [6, 6.07) is 27.5. The summed E-state index contributed by atoms with van der Waals surface area (Å²) in [7, 11) is 0. The van der Waals surface area contributed by atoms with E-state index >= 15 is 0 Å². The zero-order valence-electron chi connectivity index (χ0n) is 17.9. The molecule has 3 atom stereocenters. The van der Waals surface area contributed by atoms with Crippen LogP contribution in [-0.2, 0) is 12.8 Å². The van der Waals surface area contributed by atoms with Crippen LogP contribution in [0, 0.1) is 5.92 Å². The molecule has 0 fully saturated rings. The molecule has 2 aliphatic rings. The Morgan fingerprint density at radius 2 is 1.30 bits per heavy atom. The molecule has 3 unspecified atom stereocenters. The van der Waals surface area contributed by atoms with E-state index in [0.717, 1.165) is 5.92 Å². The number of rotatable bonds is 2. The summed E-state index contributed by atoms with van der Waals surface area (Å²) in [5, 5.41) is 5.81. The third-order valence-corrected chi connectivity index (χ3v) is 8.06. The van der Waals surface area contributed by atoms with E-state index in [1.54, 1.807) is 22.3 Å². The highest BCUT2D eigenvalue weighted by Crippen LogP contribution is 2.47. The average molecular weight is 391 g/mol. The Hall–Kier alpha value is -2.60. The van der Waals surface area contributed by atoms with E-state index in [2.05, 4.69) is 79.7 Å². The predicted octanol–water partition coefficient (Wildman–Crippen LogP) is 8.17. The van der Waals surface area contributed by atoms with E-state index in [0.29, 0.717) is 11.8 Å². The summed E-state index contributed by atoms with van der Waals surface area (Å²) in [5.74, 6) is 2.13. The molecule has 4 aromatic rings. The molecule has 0 spiro atoms. The van der Waals surface area contributed by atoms with Gasteiger partial charge in [-0.15, -0.1) is 0 Å². The van der Waals surface area contributed by atoms with Crippen LogP contribution in [0.1, 0.15) is 66.7 Å². The van der Waals surface area contributed by atoms with Crippen molar-refractivity contribution in [2.45, 2.75) is 57.3 Å². The van der Waals surface area contributed by atoms with E-state index in [-0.39, 0.29) is 0 Å². The van der Waals surface area contributed by atoms with Crippen LogP contribution in [0.5, 0.6) is 0 Å². The zero-order chi connectivity index (χ0) is 20.1. The summed E-state index contributed by atoms with van der Waals surface area (Å²) in [4.78, 5) is 0. The van der Waals surface area contributed by atoms with Crippen LogP contribution < -0.4 is 0 Å². The van der Waals surface area contributed by atoms with E-state index in [1.165, 1.54) is 60.1 Å². The minimum Gasteiger partial charge on any atom is -0.0616 e. The van der Waals surface area contributed by atoms with Crippen molar-refractivity contribution >= 4 is 21.5 Å². The number of hydrogen-bond donors (Lipinski definition) is 0. The quantitative estimate of drug-likeness (QED) is 0.324. The topological polar surface area (TPSA) is 0 Å². The minimum atomic E-state index is 0.639. The highest BCUT2D eigenvalue weighted by atomic mass is 14.4. The van der Waals surface area contributed by atoms with E-state index in [1.807, 2.05) is 0 Å². The molecule has 6 rings (SSSR count). The molecule has 0 aromatic heterocycles. The predicted molar refractivity (Wildman–Crippen MR) is 128 cm³/mol. The van der Waals surface area contributed by atoms with Crippen LogP contribution in [0.15, 0.2) is 72.8 Å². The Morgan fingerprint density at radius 3 is 2.03 bits per heavy atom. The lowest BCUT2D eigenvalue weighted by Gasteiger charge is -2.36. The average Bonchev–Trinajstić information content (AvgIpc) is 2.80. The second-order valence-electron chi connectivity index (χ2n) is 9.63. The van der Waals surface area contributed by atoms with Gasteiger partial charge in [0.1, 0.15) is 0 Å². The van der Waals surface area contributed by atoms with Crippen LogP contribution in [0.25, 0.3) is 21.5 Å². The standard InChI is InChI=1S/C30H30/c1-20-25(18-17-24-16-14-21-7-2-4-11-27(21)29(20)24)19-26-10-6-9-23-15-13-22-8-3-5-12-28(22)30(23)26/h2-5,7-8,11-16,20,25-26H,6,9-10,17-19H2,1H3. The largest absolute Gasteiger partial charge is 0.0616 e.